The first-order chi connectivity index (χ1) is 11.2. The zero-order valence-electron chi connectivity index (χ0n) is 13.5. The Morgan fingerprint density at radius 3 is 2.87 bits per heavy atom. The van der Waals surface area contributed by atoms with E-state index < -0.39 is 0 Å². The van der Waals surface area contributed by atoms with Crippen LogP contribution in [0.1, 0.15) is 19.8 Å². The normalized spacial score (nSPS) is 10.5. The monoisotopic (exact) mass is 331 g/mol. The van der Waals surface area contributed by atoms with Crippen molar-refractivity contribution in [1.29, 1.82) is 0 Å². The van der Waals surface area contributed by atoms with Gasteiger partial charge in [-0.25, -0.2) is 0 Å². The summed E-state index contributed by atoms with van der Waals surface area (Å²) in [4.78, 5) is 11.0. The number of methoxy groups -OCH3 is 1. The van der Waals surface area contributed by atoms with Gasteiger partial charge in [-0.1, -0.05) is 30.0 Å². The summed E-state index contributed by atoms with van der Waals surface area (Å²) in [6, 6.07) is 7.74. The summed E-state index contributed by atoms with van der Waals surface area (Å²) >= 11 is 1.61. The predicted molar refractivity (Wildman–Crippen MR) is 92.8 cm³/mol. The first-order valence-corrected chi connectivity index (χ1v) is 8.45. The number of ketones is 1. The number of aromatic nitrogens is 3. The molecule has 0 aliphatic rings. The molecule has 2 rings (SSSR count). The maximum Gasteiger partial charge on any atom is 0.191 e. The lowest BCUT2D eigenvalue weighted by Gasteiger charge is -2.10. The molecule has 0 saturated carbocycles. The minimum absolute atomic E-state index is 0.216. The number of carbonyl (C=O) groups is 1. The molecule has 1 aromatic carbocycles. The quantitative estimate of drug-likeness (QED) is 0.399. The number of carbonyl (C=O) groups excluding carboxylic acids is 1. The highest BCUT2D eigenvalue weighted by Gasteiger charge is 2.16. The lowest BCUT2D eigenvalue weighted by molar-refractivity contribution is -0.117. The number of thioether (sulfide) groups is 1. The van der Waals surface area contributed by atoms with Crippen LogP contribution in [0.15, 0.2) is 42.1 Å². The first-order valence-electron chi connectivity index (χ1n) is 7.47. The van der Waals surface area contributed by atoms with Crippen LogP contribution in [0.3, 0.4) is 0 Å². The number of Topliss-reactive ketones (excluding diaryl/α,β-unsaturated/α-hetero) is 1. The van der Waals surface area contributed by atoms with Gasteiger partial charge in [-0.15, -0.1) is 16.8 Å². The zero-order valence-corrected chi connectivity index (χ0v) is 14.3. The number of hydrogen-bond acceptors (Lipinski definition) is 5. The summed E-state index contributed by atoms with van der Waals surface area (Å²) in [6.45, 7) is 6.05. The molecule has 0 saturated heterocycles. The van der Waals surface area contributed by atoms with Crippen LogP contribution in [0.5, 0.6) is 5.75 Å². The number of hydrogen-bond donors (Lipinski definition) is 0. The van der Waals surface area contributed by atoms with Crippen molar-refractivity contribution in [2.45, 2.75) is 31.5 Å². The van der Waals surface area contributed by atoms with Gasteiger partial charge in [0.05, 0.1) is 12.7 Å². The predicted octanol–water partition coefficient (Wildman–Crippen LogP) is 3.60. The maximum absolute atomic E-state index is 11.0. The molecule has 0 atom stereocenters. The second kappa shape index (κ2) is 8.53. The molecule has 2 aromatic rings. The number of rotatable bonds is 9. The average molecular weight is 331 g/mol. The fraction of sp³-hybridized carbons (Fsp3) is 0.353. The third-order valence-corrected chi connectivity index (χ3v) is 4.33. The second-order valence-electron chi connectivity index (χ2n) is 5.06. The highest BCUT2D eigenvalue weighted by molar-refractivity contribution is 7.99. The average Bonchev–Trinajstić information content (AvgIpc) is 2.94. The van der Waals surface area contributed by atoms with Crippen molar-refractivity contribution in [2.24, 2.45) is 0 Å². The van der Waals surface area contributed by atoms with Crippen LogP contribution in [-0.2, 0) is 11.3 Å². The number of benzene rings is 1. The van der Waals surface area contributed by atoms with Crippen molar-refractivity contribution in [3.8, 4) is 17.1 Å². The van der Waals surface area contributed by atoms with E-state index in [1.54, 1.807) is 25.8 Å². The molecule has 0 bridgehead atoms. The lowest BCUT2D eigenvalue weighted by Crippen LogP contribution is -2.02. The molecule has 6 heteroatoms. The van der Waals surface area contributed by atoms with E-state index in [1.165, 1.54) is 0 Å². The first kappa shape index (κ1) is 17.3. The Kier molecular flexibility index (Phi) is 6.40. The summed E-state index contributed by atoms with van der Waals surface area (Å²) in [5, 5.41) is 9.44. The number of para-hydroxylation sites is 1. The summed E-state index contributed by atoms with van der Waals surface area (Å²) in [7, 11) is 1.64. The third kappa shape index (κ3) is 4.45. The van der Waals surface area contributed by atoms with Gasteiger partial charge in [0.25, 0.3) is 0 Å². The Bertz CT molecular complexity index is 682. The molecule has 0 fully saturated rings. The Morgan fingerprint density at radius 1 is 1.39 bits per heavy atom. The second-order valence-corrected chi connectivity index (χ2v) is 6.12. The minimum atomic E-state index is 0.216. The standard InChI is InChI=1S/C17H21N3O2S/c1-4-11-20-16(14-9-5-6-10-15(14)22-3)18-19-17(20)23-12-7-8-13(2)21/h4-6,9-10H,1,7-8,11-12H2,2-3H3. The van der Waals surface area contributed by atoms with Gasteiger partial charge in [-0.05, 0) is 25.5 Å². The SMILES string of the molecule is C=CCn1c(SCCCC(C)=O)nnc1-c1ccccc1OC. The van der Waals surface area contributed by atoms with Crippen molar-refractivity contribution in [2.75, 3.05) is 12.9 Å². The van der Waals surface area contributed by atoms with E-state index in [9.17, 15) is 4.79 Å². The largest absolute Gasteiger partial charge is 0.496 e. The molecule has 122 valence electrons. The zero-order chi connectivity index (χ0) is 16.7. The van der Waals surface area contributed by atoms with Crippen molar-refractivity contribution >= 4 is 17.5 Å². The molecule has 0 amide bonds. The van der Waals surface area contributed by atoms with Gasteiger partial charge < -0.3 is 9.53 Å². The van der Waals surface area contributed by atoms with E-state index in [0.717, 1.165) is 34.5 Å². The molecule has 0 radical (unpaired) electrons. The van der Waals surface area contributed by atoms with Crippen molar-refractivity contribution in [3.05, 3.63) is 36.9 Å². The molecule has 0 aliphatic carbocycles. The highest BCUT2D eigenvalue weighted by atomic mass is 32.2. The van der Waals surface area contributed by atoms with Crippen LogP contribution in [-0.4, -0.2) is 33.4 Å². The van der Waals surface area contributed by atoms with E-state index in [-0.39, 0.29) is 5.78 Å². The van der Waals surface area contributed by atoms with Gasteiger partial charge in [0.1, 0.15) is 11.5 Å². The summed E-state index contributed by atoms with van der Waals surface area (Å²) in [6.07, 6.45) is 3.26. The maximum atomic E-state index is 11.0. The molecule has 0 aliphatic heterocycles. The minimum Gasteiger partial charge on any atom is -0.496 e. The highest BCUT2D eigenvalue weighted by Crippen LogP contribution is 2.31. The van der Waals surface area contributed by atoms with E-state index in [2.05, 4.69) is 16.8 Å². The van der Waals surface area contributed by atoms with Crippen molar-refractivity contribution < 1.29 is 9.53 Å². The number of ether oxygens (including phenoxy) is 1. The summed E-state index contributed by atoms with van der Waals surface area (Å²) in [5.74, 6) is 2.57. The number of allylic oxidation sites excluding steroid dienone is 1. The van der Waals surface area contributed by atoms with E-state index in [4.69, 9.17) is 4.74 Å². The Labute approximate surface area is 140 Å². The fourth-order valence-electron chi connectivity index (χ4n) is 2.20. The van der Waals surface area contributed by atoms with Crippen LogP contribution in [0.4, 0.5) is 0 Å². The molecule has 1 heterocycles. The molecule has 0 spiro atoms. The van der Waals surface area contributed by atoms with Gasteiger partial charge in [0.2, 0.25) is 0 Å². The molecule has 0 N–H and O–H groups in total. The van der Waals surface area contributed by atoms with Gasteiger partial charge in [-0.3, -0.25) is 4.57 Å². The Balaban J connectivity index is 2.24. The molecule has 1 aromatic heterocycles. The molecule has 5 nitrogen and oxygen atoms in total. The van der Waals surface area contributed by atoms with E-state index >= 15 is 0 Å². The summed E-state index contributed by atoms with van der Waals surface area (Å²) in [5.41, 5.74) is 0.903. The number of nitrogens with zero attached hydrogens (tertiary/aromatic N) is 3. The molecular formula is C17H21N3O2S. The van der Waals surface area contributed by atoms with Gasteiger partial charge in [0.15, 0.2) is 11.0 Å². The fourth-order valence-corrected chi connectivity index (χ4v) is 3.09. The lowest BCUT2D eigenvalue weighted by atomic mass is 10.2. The van der Waals surface area contributed by atoms with Gasteiger partial charge in [-0.2, -0.15) is 0 Å². The van der Waals surface area contributed by atoms with Crippen molar-refractivity contribution in [1.82, 2.24) is 14.8 Å². The van der Waals surface area contributed by atoms with Crippen LogP contribution >= 0.6 is 11.8 Å². The Hall–Kier alpha value is -2.08. The smallest absolute Gasteiger partial charge is 0.191 e. The molecule has 23 heavy (non-hydrogen) atoms. The van der Waals surface area contributed by atoms with E-state index in [0.29, 0.717) is 13.0 Å². The van der Waals surface area contributed by atoms with Crippen LogP contribution < -0.4 is 4.74 Å². The summed E-state index contributed by atoms with van der Waals surface area (Å²) < 4.78 is 7.43. The Morgan fingerprint density at radius 2 is 2.17 bits per heavy atom. The van der Waals surface area contributed by atoms with Crippen LogP contribution in [0, 0.1) is 0 Å². The van der Waals surface area contributed by atoms with Crippen LogP contribution in [0.2, 0.25) is 0 Å². The van der Waals surface area contributed by atoms with Crippen LogP contribution in [0.25, 0.3) is 11.4 Å². The van der Waals surface area contributed by atoms with Gasteiger partial charge in [0, 0.05) is 18.7 Å². The van der Waals surface area contributed by atoms with Crippen molar-refractivity contribution in [3.63, 3.8) is 0 Å². The van der Waals surface area contributed by atoms with Gasteiger partial charge >= 0.3 is 0 Å². The topological polar surface area (TPSA) is 57.0 Å². The van der Waals surface area contributed by atoms with E-state index in [1.807, 2.05) is 34.9 Å². The third-order valence-electron chi connectivity index (χ3n) is 3.28. The molecular weight excluding hydrogens is 310 g/mol. The molecule has 0 unspecified atom stereocenters.